The Balaban J connectivity index is 0.00000121. The van der Waals surface area contributed by atoms with Crippen molar-refractivity contribution in [1.29, 1.82) is 0 Å². The van der Waals surface area contributed by atoms with Crippen LogP contribution in [0.15, 0.2) is 35.3 Å². The van der Waals surface area contributed by atoms with E-state index < -0.39 is 0 Å². The first kappa shape index (κ1) is 30.9. The lowest BCUT2D eigenvalue weighted by atomic mass is 10.1. The monoisotopic (exact) mass is 544 g/mol. The van der Waals surface area contributed by atoms with E-state index in [1.165, 1.54) is 13.5 Å². The van der Waals surface area contributed by atoms with Gasteiger partial charge in [0, 0.05) is 37.3 Å². The van der Waals surface area contributed by atoms with Gasteiger partial charge in [-0.05, 0) is 57.4 Å². The zero-order valence-electron chi connectivity index (χ0n) is 23.6. The highest BCUT2D eigenvalue weighted by Crippen LogP contribution is 2.29. The average Bonchev–Trinajstić information content (AvgIpc) is 2.95. The van der Waals surface area contributed by atoms with Gasteiger partial charge in [0.15, 0.2) is 18.2 Å². The van der Waals surface area contributed by atoms with Gasteiger partial charge in [-0.2, -0.15) is 4.98 Å². The summed E-state index contributed by atoms with van der Waals surface area (Å²) in [5.74, 6) is 0.985. The van der Waals surface area contributed by atoms with E-state index in [0.717, 1.165) is 42.5 Å². The predicted octanol–water partition coefficient (Wildman–Crippen LogP) is 5.94. The maximum atomic E-state index is 13.0. The van der Waals surface area contributed by atoms with E-state index in [0.29, 0.717) is 16.8 Å². The van der Waals surface area contributed by atoms with Crippen molar-refractivity contribution in [3.63, 3.8) is 0 Å². The van der Waals surface area contributed by atoms with Crippen molar-refractivity contribution in [2.24, 2.45) is 0 Å². The van der Waals surface area contributed by atoms with Gasteiger partial charge in [0.1, 0.15) is 5.02 Å². The zero-order chi connectivity index (χ0) is 28.2. The maximum Gasteiger partial charge on any atom is 0.293 e. The number of rotatable bonds is 7. The Kier molecular flexibility index (Phi) is 12.3. The highest BCUT2D eigenvalue weighted by Gasteiger charge is 2.17. The van der Waals surface area contributed by atoms with Gasteiger partial charge < -0.3 is 24.8 Å². The largest absolute Gasteiger partial charge is 0.478 e. The molecule has 9 nitrogen and oxygen atoms in total. The van der Waals surface area contributed by atoms with Crippen LogP contribution in [0.5, 0.6) is 5.75 Å². The third-order valence-corrected chi connectivity index (χ3v) is 6.07. The smallest absolute Gasteiger partial charge is 0.293 e. The molecule has 2 aromatic heterocycles. The second-order valence-corrected chi connectivity index (χ2v) is 8.96. The van der Waals surface area contributed by atoms with Crippen molar-refractivity contribution in [2.75, 3.05) is 37.0 Å². The second kappa shape index (κ2) is 15.2. The quantitative estimate of drug-likeness (QED) is 0.379. The molecule has 1 fully saturated rings. The molecule has 1 aromatic carbocycles. The summed E-state index contributed by atoms with van der Waals surface area (Å²) in [5.41, 5.74) is 1.24. The summed E-state index contributed by atoms with van der Waals surface area (Å²) in [7, 11) is 1.52. The van der Waals surface area contributed by atoms with Gasteiger partial charge in [-0.25, -0.2) is 4.98 Å². The number of piperidine rings is 1. The molecule has 0 atom stereocenters. The number of hydrogen-bond acceptors (Lipinski definition) is 7. The average molecular weight is 545 g/mol. The van der Waals surface area contributed by atoms with Crippen LogP contribution in [0.2, 0.25) is 5.02 Å². The van der Waals surface area contributed by atoms with Crippen molar-refractivity contribution in [3.8, 4) is 5.75 Å². The van der Waals surface area contributed by atoms with Gasteiger partial charge in [-0.15, -0.1) is 0 Å². The summed E-state index contributed by atoms with van der Waals surface area (Å²) in [5, 5.41) is 6.98. The second-order valence-electron chi connectivity index (χ2n) is 8.55. The molecule has 0 bridgehead atoms. The van der Waals surface area contributed by atoms with Crippen LogP contribution in [0.1, 0.15) is 66.8 Å². The van der Waals surface area contributed by atoms with Crippen molar-refractivity contribution in [1.82, 2.24) is 19.9 Å². The van der Waals surface area contributed by atoms with Crippen LogP contribution in [-0.2, 0) is 4.79 Å². The topological polar surface area (TPSA) is 101 Å². The first-order chi connectivity index (χ1) is 18.4. The molecule has 0 unspecified atom stereocenters. The van der Waals surface area contributed by atoms with Crippen LogP contribution < -0.4 is 25.8 Å². The van der Waals surface area contributed by atoms with Gasteiger partial charge in [-0.3, -0.25) is 9.59 Å². The third-order valence-electron chi connectivity index (χ3n) is 5.79. The highest BCUT2D eigenvalue weighted by molar-refractivity contribution is 6.32. The summed E-state index contributed by atoms with van der Waals surface area (Å²) < 4.78 is 7.19. The number of pyridine rings is 1. The van der Waals surface area contributed by atoms with Crippen LogP contribution in [0.3, 0.4) is 0 Å². The van der Waals surface area contributed by atoms with Crippen LogP contribution in [0.25, 0.3) is 10.9 Å². The lowest BCUT2D eigenvalue weighted by Gasteiger charge is -2.27. The number of carbonyl (C=O) groups is 1. The number of benzene rings is 1. The number of carbonyl (C=O) groups excluding carboxylic acids is 1. The first-order valence-corrected chi connectivity index (χ1v) is 13.8. The molecule has 38 heavy (non-hydrogen) atoms. The van der Waals surface area contributed by atoms with Gasteiger partial charge in [0.2, 0.25) is 5.95 Å². The predicted molar refractivity (Wildman–Crippen MR) is 157 cm³/mol. The summed E-state index contributed by atoms with van der Waals surface area (Å²) in [6, 6.07) is 7.22. The lowest BCUT2D eigenvalue weighted by Crippen LogP contribution is -2.31. The highest BCUT2D eigenvalue weighted by atomic mass is 35.5. The van der Waals surface area contributed by atoms with E-state index in [9.17, 15) is 9.59 Å². The van der Waals surface area contributed by atoms with E-state index in [4.69, 9.17) is 16.3 Å². The van der Waals surface area contributed by atoms with Crippen molar-refractivity contribution < 1.29 is 9.53 Å². The number of amides is 1. The molecule has 0 radical (unpaired) electrons. The molecule has 1 amide bonds. The van der Waals surface area contributed by atoms with Crippen molar-refractivity contribution >= 4 is 45.9 Å². The van der Waals surface area contributed by atoms with E-state index in [-0.39, 0.29) is 29.9 Å². The third kappa shape index (κ3) is 7.60. The van der Waals surface area contributed by atoms with Crippen LogP contribution in [0.4, 0.5) is 17.5 Å². The van der Waals surface area contributed by atoms with Crippen LogP contribution >= 0.6 is 11.6 Å². The van der Waals surface area contributed by atoms with E-state index in [1.54, 1.807) is 16.8 Å². The molecule has 10 heteroatoms. The fourth-order valence-electron chi connectivity index (χ4n) is 4.06. The molecule has 1 saturated heterocycles. The summed E-state index contributed by atoms with van der Waals surface area (Å²) in [6.07, 6.45) is 5.09. The Hall–Kier alpha value is -3.33. The minimum atomic E-state index is -0.311. The molecular weight excluding hydrogens is 504 g/mol. The first-order valence-electron chi connectivity index (χ1n) is 13.4. The molecular formula is C28H41ClN6O3. The number of hydrogen-bond donors (Lipinski definition) is 2. The number of nitrogens with one attached hydrogen (secondary N) is 2. The van der Waals surface area contributed by atoms with E-state index in [2.05, 4.69) is 25.5 Å². The number of nitrogens with zero attached hydrogens (tertiary/aromatic N) is 4. The Bertz CT molecular complexity index is 1260. The Morgan fingerprint density at radius 3 is 2.42 bits per heavy atom. The van der Waals surface area contributed by atoms with Crippen LogP contribution in [0, 0.1) is 0 Å². The minimum absolute atomic E-state index is 0.0965. The number of halogens is 1. The van der Waals surface area contributed by atoms with Gasteiger partial charge in [0.05, 0.1) is 11.7 Å². The number of likely N-dealkylation sites (N-methyl/N-ethyl adjacent to an activating group) is 1. The van der Waals surface area contributed by atoms with Gasteiger partial charge in [0.25, 0.3) is 11.5 Å². The normalized spacial score (nSPS) is 12.7. The van der Waals surface area contributed by atoms with Gasteiger partial charge in [-0.1, -0.05) is 39.3 Å². The van der Waals surface area contributed by atoms with E-state index in [1.807, 2.05) is 59.7 Å². The number of ether oxygens (including phenoxy) is 1. The van der Waals surface area contributed by atoms with Gasteiger partial charge >= 0.3 is 0 Å². The number of anilines is 3. The Labute approximate surface area is 230 Å². The summed E-state index contributed by atoms with van der Waals surface area (Å²) in [4.78, 5) is 35.8. The molecule has 1 aliphatic heterocycles. The summed E-state index contributed by atoms with van der Waals surface area (Å²) >= 11 is 6.39. The minimum Gasteiger partial charge on any atom is -0.478 e. The molecule has 3 heterocycles. The molecule has 4 rings (SSSR count). The number of aromatic nitrogens is 3. The standard InChI is InChI=1S/C24H29ClN6O3.2C2H6/c1-15(2)31-19-8-7-17(11-16(19)12-20(23(31)33)34-14-21(32)26-3)28-22-18(25)13-27-24(29-22)30-9-5-4-6-10-30;2*1-2/h7-8,11-13,15H,4-6,9-10,14H2,1-3H3,(H,26,32)(H,27,28,29);2*1-2H3. The maximum absolute atomic E-state index is 13.0. The van der Waals surface area contributed by atoms with Crippen LogP contribution in [-0.4, -0.2) is 47.2 Å². The molecule has 1 aliphatic rings. The fraction of sp³-hybridized carbons (Fsp3) is 0.500. The van der Waals surface area contributed by atoms with E-state index >= 15 is 0 Å². The Morgan fingerprint density at radius 2 is 1.79 bits per heavy atom. The van der Waals surface area contributed by atoms with Crippen molar-refractivity contribution in [3.05, 3.63) is 45.8 Å². The Morgan fingerprint density at radius 1 is 1.11 bits per heavy atom. The molecule has 0 spiro atoms. The molecule has 0 saturated carbocycles. The summed E-state index contributed by atoms with van der Waals surface area (Å²) in [6.45, 7) is 13.5. The molecule has 208 valence electrons. The molecule has 3 aromatic rings. The SMILES string of the molecule is CC.CC.CNC(=O)COc1cc2cc(Nc3nc(N4CCCCC4)ncc3Cl)ccc2n(C(C)C)c1=O. The molecule has 0 aliphatic carbocycles. The number of fused-ring (bicyclic) bond motifs is 1. The lowest BCUT2D eigenvalue weighted by molar-refractivity contribution is -0.122. The van der Waals surface area contributed by atoms with Crippen molar-refractivity contribution in [2.45, 2.75) is 66.8 Å². The fourth-order valence-corrected chi connectivity index (χ4v) is 4.20. The zero-order valence-corrected chi connectivity index (χ0v) is 24.4. The molecule has 2 N–H and O–H groups in total.